The van der Waals surface area contributed by atoms with Crippen LogP contribution in [0.25, 0.3) is 0 Å². The standard InChI is InChI=1S/C16H25NO2/c1-12(2)19-14-7-5-13(6-8-14)11-17-10-9-15(18)16(17,3)4/h5-8,12,15,18H,9-11H2,1-4H3. The van der Waals surface area contributed by atoms with Gasteiger partial charge in [0.2, 0.25) is 0 Å². The second-order valence-electron chi connectivity index (χ2n) is 6.19. The molecule has 1 N–H and O–H groups in total. The summed E-state index contributed by atoms with van der Waals surface area (Å²) >= 11 is 0. The van der Waals surface area contributed by atoms with Crippen molar-refractivity contribution >= 4 is 0 Å². The number of rotatable bonds is 4. The van der Waals surface area contributed by atoms with Crippen molar-refractivity contribution < 1.29 is 9.84 Å². The fraction of sp³-hybridized carbons (Fsp3) is 0.625. The highest BCUT2D eigenvalue weighted by atomic mass is 16.5. The average molecular weight is 263 g/mol. The van der Waals surface area contributed by atoms with Gasteiger partial charge in [0.15, 0.2) is 0 Å². The summed E-state index contributed by atoms with van der Waals surface area (Å²) in [5.74, 6) is 0.916. The molecule has 19 heavy (non-hydrogen) atoms. The molecule has 3 nitrogen and oxygen atoms in total. The van der Waals surface area contributed by atoms with Crippen LogP contribution in [0.4, 0.5) is 0 Å². The Morgan fingerprint density at radius 1 is 1.32 bits per heavy atom. The van der Waals surface area contributed by atoms with Gasteiger partial charge in [0.1, 0.15) is 5.75 Å². The first-order valence-corrected chi connectivity index (χ1v) is 7.08. The van der Waals surface area contributed by atoms with Gasteiger partial charge in [0.05, 0.1) is 12.2 Å². The zero-order chi connectivity index (χ0) is 14.0. The quantitative estimate of drug-likeness (QED) is 0.906. The number of hydrogen-bond donors (Lipinski definition) is 1. The molecule has 0 saturated carbocycles. The maximum Gasteiger partial charge on any atom is 0.119 e. The molecule has 1 heterocycles. The molecule has 1 aliphatic heterocycles. The molecule has 0 aromatic heterocycles. The summed E-state index contributed by atoms with van der Waals surface area (Å²) in [5, 5.41) is 9.99. The van der Waals surface area contributed by atoms with Crippen LogP contribution in [-0.4, -0.2) is 34.3 Å². The number of aliphatic hydroxyl groups excluding tert-OH is 1. The predicted molar refractivity (Wildman–Crippen MR) is 77.3 cm³/mol. The number of ether oxygens (including phenoxy) is 1. The van der Waals surface area contributed by atoms with Gasteiger partial charge in [-0.05, 0) is 51.8 Å². The summed E-state index contributed by atoms with van der Waals surface area (Å²) in [5.41, 5.74) is 1.13. The van der Waals surface area contributed by atoms with E-state index in [4.69, 9.17) is 4.74 Å². The number of benzene rings is 1. The lowest BCUT2D eigenvalue weighted by Gasteiger charge is -2.33. The van der Waals surface area contributed by atoms with Gasteiger partial charge >= 0.3 is 0 Å². The lowest BCUT2D eigenvalue weighted by Crippen LogP contribution is -2.44. The molecule has 1 unspecified atom stereocenters. The highest BCUT2D eigenvalue weighted by molar-refractivity contribution is 5.27. The van der Waals surface area contributed by atoms with E-state index in [1.54, 1.807) is 0 Å². The van der Waals surface area contributed by atoms with Crippen molar-refractivity contribution in [3.05, 3.63) is 29.8 Å². The summed E-state index contributed by atoms with van der Waals surface area (Å²) in [6, 6.07) is 8.26. The molecule has 0 amide bonds. The van der Waals surface area contributed by atoms with Gasteiger partial charge < -0.3 is 9.84 Å². The molecule has 0 radical (unpaired) electrons. The van der Waals surface area contributed by atoms with Crippen molar-refractivity contribution in [1.29, 1.82) is 0 Å². The Hall–Kier alpha value is -1.06. The third-order valence-electron chi connectivity index (χ3n) is 3.97. The van der Waals surface area contributed by atoms with E-state index in [2.05, 4.69) is 30.9 Å². The first kappa shape index (κ1) is 14.4. The number of hydrogen-bond acceptors (Lipinski definition) is 3. The molecular weight excluding hydrogens is 238 g/mol. The molecule has 2 rings (SSSR count). The Bertz CT molecular complexity index is 411. The van der Waals surface area contributed by atoms with E-state index in [-0.39, 0.29) is 17.7 Å². The van der Waals surface area contributed by atoms with Gasteiger partial charge in [0, 0.05) is 18.6 Å². The molecule has 106 valence electrons. The lowest BCUT2D eigenvalue weighted by molar-refractivity contribution is 0.0506. The number of likely N-dealkylation sites (tertiary alicyclic amines) is 1. The largest absolute Gasteiger partial charge is 0.491 e. The average Bonchev–Trinajstić information content (AvgIpc) is 2.58. The predicted octanol–water partition coefficient (Wildman–Crippen LogP) is 2.82. The van der Waals surface area contributed by atoms with Crippen molar-refractivity contribution in [3.8, 4) is 5.75 Å². The van der Waals surface area contributed by atoms with Gasteiger partial charge in [-0.25, -0.2) is 0 Å². The van der Waals surface area contributed by atoms with Gasteiger partial charge in [-0.15, -0.1) is 0 Å². The second kappa shape index (κ2) is 5.51. The molecule has 1 fully saturated rings. The Balaban J connectivity index is 2.00. The van der Waals surface area contributed by atoms with E-state index in [1.165, 1.54) is 5.56 Å². The van der Waals surface area contributed by atoms with Crippen molar-refractivity contribution in [2.45, 2.75) is 58.4 Å². The Kier molecular flexibility index (Phi) is 4.16. The molecule has 0 bridgehead atoms. The molecule has 1 aromatic carbocycles. The SMILES string of the molecule is CC(C)Oc1ccc(CN2CCC(O)C2(C)C)cc1. The Morgan fingerprint density at radius 2 is 1.95 bits per heavy atom. The summed E-state index contributed by atoms with van der Waals surface area (Å²) < 4.78 is 5.64. The second-order valence-corrected chi connectivity index (χ2v) is 6.19. The minimum absolute atomic E-state index is 0.132. The molecule has 1 aromatic rings. The smallest absolute Gasteiger partial charge is 0.119 e. The van der Waals surface area contributed by atoms with Crippen molar-refractivity contribution in [1.82, 2.24) is 4.90 Å². The molecule has 1 saturated heterocycles. The number of aliphatic hydroxyl groups is 1. The van der Waals surface area contributed by atoms with Crippen molar-refractivity contribution in [3.63, 3.8) is 0 Å². The highest BCUT2D eigenvalue weighted by Gasteiger charge is 2.39. The zero-order valence-corrected chi connectivity index (χ0v) is 12.4. The van der Waals surface area contributed by atoms with Crippen molar-refractivity contribution in [2.24, 2.45) is 0 Å². The Morgan fingerprint density at radius 3 is 2.42 bits per heavy atom. The van der Waals surface area contributed by atoms with E-state index >= 15 is 0 Å². The fourth-order valence-electron chi connectivity index (χ4n) is 2.58. The van der Waals surface area contributed by atoms with Crippen LogP contribution in [0.1, 0.15) is 39.7 Å². The summed E-state index contributed by atoms with van der Waals surface area (Å²) in [6.07, 6.45) is 0.844. The molecule has 0 spiro atoms. The van der Waals surface area contributed by atoms with Crippen LogP contribution in [0.3, 0.4) is 0 Å². The molecule has 1 atom stereocenters. The number of nitrogens with zero attached hydrogens (tertiary/aromatic N) is 1. The van der Waals surface area contributed by atoms with E-state index in [1.807, 2.05) is 26.0 Å². The minimum atomic E-state index is -0.226. The monoisotopic (exact) mass is 263 g/mol. The first-order valence-electron chi connectivity index (χ1n) is 7.08. The van der Waals surface area contributed by atoms with Crippen LogP contribution >= 0.6 is 0 Å². The van der Waals surface area contributed by atoms with E-state index < -0.39 is 0 Å². The molecular formula is C16H25NO2. The van der Waals surface area contributed by atoms with Crippen LogP contribution in [0.15, 0.2) is 24.3 Å². The third-order valence-corrected chi connectivity index (χ3v) is 3.97. The topological polar surface area (TPSA) is 32.7 Å². The van der Waals surface area contributed by atoms with Crippen LogP contribution in [0.2, 0.25) is 0 Å². The Labute approximate surface area is 116 Å². The van der Waals surface area contributed by atoms with Crippen LogP contribution in [0.5, 0.6) is 5.75 Å². The highest BCUT2D eigenvalue weighted by Crippen LogP contribution is 2.30. The van der Waals surface area contributed by atoms with E-state index in [0.29, 0.717) is 0 Å². The summed E-state index contributed by atoms with van der Waals surface area (Å²) in [6.45, 7) is 10.1. The van der Waals surface area contributed by atoms with Crippen LogP contribution in [-0.2, 0) is 6.54 Å². The fourth-order valence-corrected chi connectivity index (χ4v) is 2.58. The minimum Gasteiger partial charge on any atom is -0.491 e. The zero-order valence-electron chi connectivity index (χ0n) is 12.4. The van der Waals surface area contributed by atoms with E-state index in [9.17, 15) is 5.11 Å². The van der Waals surface area contributed by atoms with Crippen molar-refractivity contribution in [2.75, 3.05) is 6.54 Å². The summed E-state index contributed by atoms with van der Waals surface area (Å²) in [7, 11) is 0. The van der Waals surface area contributed by atoms with Crippen LogP contribution < -0.4 is 4.74 Å². The maximum absolute atomic E-state index is 9.99. The first-order chi connectivity index (χ1) is 8.89. The third kappa shape index (κ3) is 3.28. The maximum atomic E-state index is 9.99. The van der Waals surface area contributed by atoms with Gasteiger partial charge in [0.25, 0.3) is 0 Å². The molecule has 1 aliphatic rings. The molecule has 0 aliphatic carbocycles. The normalized spacial score (nSPS) is 22.9. The molecule has 3 heteroatoms. The lowest BCUT2D eigenvalue weighted by atomic mass is 9.98. The van der Waals surface area contributed by atoms with Gasteiger partial charge in [-0.1, -0.05) is 12.1 Å². The van der Waals surface area contributed by atoms with Gasteiger partial charge in [-0.2, -0.15) is 0 Å². The van der Waals surface area contributed by atoms with Gasteiger partial charge in [-0.3, -0.25) is 4.90 Å². The van der Waals surface area contributed by atoms with Crippen LogP contribution in [0, 0.1) is 0 Å². The summed E-state index contributed by atoms with van der Waals surface area (Å²) in [4.78, 5) is 2.34. The van der Waals surface area contributed by atoms with E-state index in [0.717, 1.165) is 25.3 Å².